The highest BCUT2D eigenvalue weighted by atomic mass is 35.5. The summed E-state index contributed by atoms with van der Waals surface area (Å²) in [7, 11) is 0. The number of hydrogen-bond acceptors (Lipinski definition) is 2. The molecular weight excluding hydrogens is 279 g/mol. The maximum Gasteiger partial charge on any atom is 0.0749 e. The van der Waals surface area contributed by atoms with Crippen LogP contribution in [0.2, 0.25) is 10.0 Å². The molecule has 2 aliphatic rings. The maximum atomic E-state index is 6.38. The monoisotopic (exact) mass is 298 g/mol. The number of halogens is 2. The van der Waals surface area contributed by atoms with Crippen molar-refractivity contribution < 1.29 is 0 Å². The molecule has 0 spiro atoms. The zero-order chi connectivity index (χ0) is 13.4. The molecule has 1 saturated heterocycles. The molecule has 1 aromatic rings. The summed E-state index contributed by atoms with van der Waals surface area (Å²) < 4.78 is 0. The van der Waals surface area contributed by atoms with Crippen LogP contribution in [-0.4, -0.2) is 12.6 Å². The third kappa shape index (κ3) is 2.53. The molecule has 1 aromatic carbocycles. The molecular formula is C15H20Cl2N2. The number of rotatable bonds is 2. The second-order valence-electron chi connectivity index (χ2n) is 5.78. The molecule has 0 radical (unpaired) electrons. The average Bonchev–Trinajstić information content (AvgIpc) is 2.96. The number of benzene rings is 1. The molecule has 2 nitrogen and oxygen atoms in total. The first-order chi connectivity index (χ1) is 9.16. The Bertz CT molecular complexity index is 446. The highest BCUT2D eigenvalue weighted by molar-refractivity contribution is 6.39. The van der Waals surface area contributed by atoms with Crippen LogP contribution in [0.15, 0.2) is 12.1 Å². The van der Waals surface area contributed by atoms with Crippen molar-refractivity contribution in [3.8, 4) is 0 Å². The summed E-state index contributed by atoms with van der Waals surface area (Å²) in [6.45, 7) is 1.06. The van der Waals surface area contributed by atoms with Crippen LogP contribution in [0.4, 0.5) is 11.4 Å². The Balaban J connectivity index is 1.92. The lowest BCUT2D eigenvalue weighted by molar-refractivity contribution is 0.431. The summed E-state index contributed by atoms with van der Waals surface area (Å²) in [6.07, 6.45) is 7.95. The van der Waals surface area contributed by atoms with E-state index < -0.39 is 0 Å². The van der Waals surface area contributed by atoms with E-state index in [4.69, 9.17) is 28.9 Å². The zero-order valence-electron chi connectivity index (χ0n) is 11.0. The summed E-state index contributed by atoms with van der Waals surface area (Å²) in [5, 5.41) is 1.38. The Morgan fingerprint density at radius 2 is 1.63 bits per heavy atom. The lowest BCUT2D eigenvalue weighted by Gasteiger charge is -2.32. The molecule has 1 saturated carbocycles. The van der Waals surface area contributed by atoms with Crippen molar-refractivity contribution in [3.63, 3.8) is 0 Å². The third-order valence-corrected chi connectivity index (χ3v) is 5.15. The van der Waals surface area contributed by atoms with E-state index in [0.29, 0.717) is 21.8 Å². The van der Waals surface area contributed by atoms with Crippen molar-refractivity contribution in [3.05, 3.63) is 22.2 Å². The minimum atomic E-state index is 0.612. The van der Waals surface area contributed by atoms with E-state index in [1.807, 2.05) is 12.1 Å². The fraction of sp³-hybridized carbons (Fsp3) is 0.600. The van der Waals surface area contributed by atoms with Gasteiger partial charge in [0.15, 0.2) is 0 Å². The molecule has 0 bridgehead atoms. The van der Waals surface area contributed by atoms with Crippen molar-refractivity contribution in [2.75, 3.05) is 17.2 Å². The van der Waals surface area contributed by atoms with Gasteiger partial charge in [-0.3, -0.25) is 0 Å². The molecule has 19 heavy (non-hydrogen) atoms. The average molecular weight is 299 g/mol. The smallest absolute Gasteiger partial charge is 0.0749 e. The quantitative estimate of drug-likeness (QED) is 0.800. The Morgan fingerprint density at radius 1 is 1.00 bits per heavy atom. The largest absolute Gasteiger partial charge is 0.399 e. The predicted octanol–water partition coefficient (Wildman–Crippen LogP) is 4.73. The van der Waals surface area contributed by atoms with Gasteiger partial charge in [0.05, 0.1) is 15.7 Å². The van der Waals surface area contributed by atoms with Crippen LogP contribution < -0.4 is 10.6 Å². The normalized spacial score (nSPS) is 24.3. The topological polar surface area (TPSA) is 29.3 Å². The fourth-order valence-electron chi connectivity index (χ4n) is 3.76. The second-order valence-corrected chi connectivity index (χ2v) is 6.60. The van der Waals surface area contributed by atoms with Gasteiger partial charge in [-0.05, 0) is 43.7 Å². The summed E-state index contributed by atoms with van der Waals surface area (Å²) in [5.41, 5.74) is 7.42. The van der Waals surface area contributed by atoms with Crippen molar-refractivity contribution in [2.45, 2.75) is 44.6 Å². The summed E-state index contributed by atoms with van der Waals surface area (Å²) in [5.74, 6) is 0.812. The van der Waals surface area contributed by atoms with Crippen LogP contribution >= 0.6 is 23.2 Å². The van der Waals surface area contributed by atoms with Crippen LogP contribution in [0.25, 0.3) is 0 Å². The minimum Gasteiger partial charge on any atom is -0.399 e. The molecule has 0 amide bonds. The van der Waals surface area contributed by atoms with E-state index in [0.717, 1.165) is 18.2 Å². The van der Waals surface area contributed by atoms with Crippen LogP contribution in [-0.2, 0) is 0 Å². The molecule has 1 heterocycles. The van der Waals surface area contributed by atoms with Gasteiger partial charge < -0.3 is 10.6 Å². The standard InChI is InChI=1S/C15H20Cl2N2/c16-12-8-11(18)9-13(17)15(12)19-7-3-6-14(19)10-4-1-2-5-10/h8-10,14H,1-7,18H2. The minimum absolute atomic E-state index is 0.612. The van der Waals surface area contributed by atoms with Crippen LogP contribution in [0.5, 0.6) is 0 Å². The molecule has 1 aliphatic carbocycles. The first-order valence-electron chi connectivity index (χ1n) is 7.18. The van der Waals surface area contributed by atoms with Gasteiger partial charge in [0.2, 0.25) is 0 Å². The van der Waals surface area contributed by atoms with E-state index in [1.54, 1.807) is 0 Å². The fourth-order valence-corrected chi connectivity index (χ4v) is 4.48. The van der Waals surface area contributed by atoms with Crippen LogP contribution in [0, 0.1) is 5.92 Å². The molecule has 2 fully saturated rings. The summed E-state index contributed by atoms with van der Waals surface area (Å²) in [6, 6.07) is 4.24. The molecule has 104 valence electrons. The van der Waals surface area contributed by atoms with Gasteiger partial charge in [-0.1, -0.05) is 36.0 Å². The molecule has 0 aromatic heterocycles. The van der Waals surface area contributed by atoms with E-state index in [-0.39, 0.29) is 0 Å². The van der Waals surface area contributed by atoms with Crippen molar-refractivity contribution in [1.82, 2.24) is 0 Å². The van der Waals surface area contributed by atoms with Crippen LogP contribution in [0.3, 0.4) is 0 Å². The first-order valence-corrected chi connectivity index (χ1v) is 7.93. The second kappa shape index (κ2) is 5.41. The number of nitrogens with zero attached hydrogens (tertiary/aromatic N) is 1. The molecule has 4 heteroatoms. The highest BCUT2D eigenvalue weighted by Crippen LogP contribution is 2.43. The lowest BCUT2D eigenvalue weighted by Crippen LogP contribution is -2.35. The molecule has 3 rings (SSSR count). The van der Waals surface area contributed by atoms with Gasteiger partial charge in [0.25, 0.3) is 0 Å². The van der Waals surface area contributed by atoms with Gasteiger partial charge in [-0.2, -0.15) is 0 Å². The first kappa shape index (κ1) is 13.4. The Kier molecular flexibility index (Phi) is 3.81. The van der Waals surface area contributed by atoms with Gasteiger partial charge in [-0.15, -0.1) is 0 Å². The van der Waals surface area contributed by atoms with Gasteiger partial charge in [0, 0.05) is 18.3 Å². The third-order valence-electron chi connectivity index (χ3n) is 4.57. The molecule has 1 atom stereocenters. The van der Waals surface area contributed by atoms with E-state index in [2.05, 4.69) is 4.90 Å². The Morgan fingerprint density at radius 3 is 2.26 bits per heavy atom. The van der Waals surface area contributed by atoms with E-state index in [9.17, 15) is 0 Å². The highest BCUT2D eigenvalue weighted by Gasteiger charge is 2.35. The van der Waals surface area contributed by atoms with Gasteiger partial charge in [-0.25, -0.2) is 0 Å². The van der Waals surface area contributed by atoms with Crippen LogP contribution in [0.1, 0.15) is 38.5 Å². The molecule has 1 unspecified atom stereocenters. The van der Waals surface area contributed by atoms with E-state index in [1.165, 1.54) is 38.5 Å². The predicted molar refractivity (Wildman–Crippen MR) is 83.2 cm³/mol. The van der Waals surface area contributed by atoms with E-state index >= 15 is 0 Å². The number of hydrogen-bond donors (Lipinski definition) is 1. The number of nitrogens with two attached hydrogens (primary N) is 1. The van der Waals surface area contributed by atoms with Crippen molar-refractivity contribution in [1.29, 1.82) is 0 Å². The number of anilines is 2. The summed E-state index contributed by atoms with van der Waals surface area (Å²) in [4.78, 5) is 2.43. The lowest BCUT2D eigenvalue weighted by atomic mass is 9.95. The molecule has 2 N–H and O–H groups in total. The summed E-state index contributed by atoms with van der Waals surface area (Å²) >= 11 is 12.8. The Labute approximate surface area is 124 Å². The number of nitrogen functional groups attached to an aromatic ring is 1. The SMILES string of the molecule is Nc1cc(Cl)c(N2CCCC2C2CCCC2)c(Cl)c1. The van der Waals surface area contributed by atoms with Gasteiger partial charge in [0.1, 0.15) is 0 Å². The van der Waals surface area contributed by atoms with Gasteiger partial charge >= 0.3 is 0 Å². The van der Waals surface area contributed by atoms with Crippen molar-refractivity contribution >= 4 is 34.6 Å². The zero-order valence-corrected chi connectivity index (χ0v) is 12.6. The van der Waals surface area contributed by atoms with Crippen molar-refractivity contribution in [2.24, 2.45) is 5.92 Å². The Hall–Kier alpha value is -0.600. The maximum absolute atomic E-state index is 6.38. The molecule has 1 aliphatic heterocycles.